The van der Waals surface area contributed by atoms with E-state index in [9.17, 15) is 0 Å². The van der Waals surface area contributed by atoms with E-state index in [2.05, 4.69) is 35.6 Å². The van der Waals surface area contributed by atoms with Crippen molar-refractivity contribution in [3.05, 3.63) is 18.0 Å². The summed E-state index contributed by atoms with van der Waals surface area (Å²) in [4.78, 5) is 11.1. The van der Waals surface area contributed by atoms with E-state index in [0.29, 0.717) is 19.8 Å². The van der Waals surface area contributed by atoms with Crippen molar-refractivity contribution in [3.8, 4) is 0 Å². The van der Waals surface area contributed by atoms with Crippen LogP contribution in [0.25, 0.3) is 0 Å². The van der Waals surface area contributed by atoms with E-state index in [1.54, 1.807) is 0 Å². The van der Waals surface area contributed by atoms with Crippen molar-refractivity contribution in [3.63, 3.8) is 0 Å². The molecule has 1 aliphatic heterocycles. The number of nitrogens with two attached hydrogens (primary N) is 1. The number of ether oxygens (including phenoxy) is 1. The Morgan fingerprint density at radius 2 is 2.06 bits per heavy atom. The Balaban J connectivity index is 2.18. The van der Waals surface area contributed by atoms with Crippen molar-refractivity contribution in [1.82, 2.24) is 9.97 Å². The minimum Gasteiger partial charge on any atom is -0.377 e. The fraction of sp³-hybridized carbons (Fsp3) is 0.692. The first-order valence-electron chi connectivity index (χ1n) is 6.39. The molecule has 18 heavy (non-hydrogen) atoms. The SMILES string of the molecule is CC(C)(C)c1cnc(N2CCOCC2CN)nc1. The highest BCUT2D eigenvalue weighted by molar-refractivity contribution is 5.33. The van der Waals surface area contributed by atoms with Crippen LogP contribution in [0.5, 0.6) is 0 Å². The maximum Gasteiger partial charge on any atom is 0.225 e. The first-order valence-corrected chi connectivity index (χ1v) is 6.39. The van der Waals surface area contributed by atoms with Gasteiger partial charge < -0.3 is 15.4 Å². The molecule has 1 atom stereocenters. The summed E-state index contributed by atoms with van der Waals surface area (Å²) in [6, 6.07) is 0.180. The average molecular weight is 250 g/mol. The third kappa shape index (κ3) is 2.79. The van der Waals surface area contributed by atoms with Gasteiger partial charge in [-0.15, -0.1) is 0 Å². The Hall–Kier alpha value is -1.20. The molecule has 1 aliphatic rings. The molecule has 100 valence electrons. The summed E-state index contributed by atoms with van der Waals surface area (Å²) in [6.07, 6.45) is 3.82. The molecule has 1 fully saturated rings. The molecule has 2 rings (SSSR count). The van der Waals surface area contributed by atoms with Crippen LogP contribution in [0.2, 0.25) is 0 Å². The molecule has 5 heteroatoms. The summed E-state index contributed by atoms with van der Waals surface area (Å²) in [5.74, 6) is 0.752. The van der Waals surface area contributed by atoms with E-state index >= 15 is 0 Å². The van der Waals surface area contributed by atoms with Gasteiger partial charge in [0, 0.05) is 25.5 Å². The molecule has 2 heterocycles. The Labute approximate surface area is 108 Å². The second-order valence-corrected chi connectivity index (χ2v) is 5.68. The highest BCUT2D eigenvalue weighted by Gasteiger charge is 2.24. The number of hydrogen-bond acceptors (Lipinski definition) is 5. The van der Waals surface area contributed by atoms with Crippen LogP contribution in [0.15, 0.2) is 12.4 Å². The zero-order valence-corrected chi connectivity index (χ0v) is 11.4. The molecule has 0 spiro atoms. The molecule has 1 unspecified atom stereocenters. The minimum atomic E-state index is 0.0802. The third-order valence-corrected chi connectivity index (χ3v) is 3.26. The van der Waals surface area contributed by atoms with Crippen molar-refractivity contribution in [2.24, 2.45) is 5.73 Å². The second kappa shape index (κ2) is 5.20. The Morgan fingerprint density at radius 3 is 2.61 bits per heavy atom. The highest BCUT2D eigenvalue weighted by Crippen LogP contribution is 2.22. The zero-order valence-electron chi connectivity index (χ0n) is 11.4. The minimum absolute atomic E-state index is 0.0802. The Kier molecular flexibility index (Phi) is 3.82. The fourth-order valence-electron chi connectivity index (χ4n) is 1.97. The van der Waals surface area contributed by atoms with Gasteiger partial charge >= 0.3 is 0 Å². The van der Waals surface area contributed by atoms with Crippen LogP contribution in [0, 0.1) is 0 Å². The van der Waals surface area contributed by atoms with Crippen LogP contribution >= 0.6 is 0 Å². The topological polar surface area (TPSA) is 64.3 Å². The lowest BCUT2D eigenvalue weighted by Gasteiger charge is -2.35. The molecule has 0 aromatic carbocycles. The van der Waals surface area contributed by atoms with Crippen molar-refractivity contribution in [2.75, 3.05) is 31.2 Å². The quantitative estimate of drug-likeness (QED) is 0.846. The summed E-state index contributed by atoms with van der Waals surface area (Å²) >= 11 is 0. The Bertz CT molecular complexity index is 385. The highest BCUT2D eigenvalue weighted by atomic mass is 16.5. The smallest absolute Gasteiger partial charge is 0.225 e. The standard InChI is InChI=1S/C13H22N4O/c1-13(2,3)10-7-15-12(16-8-10)17-4-5-18-9-11(17)6-14/h7-8,11H,4-6,9,14H2,1-3H3. The number of rotatable bonds is 2. The van der Waals surface area contributed by atoms with Gasteiger partial charge in [-0.1, -0.05) is 20.8 Å². The van der Waals surface area contributed by atoms with Crippen molar-refractivity contribution < 1.29 is 4.74 Å². The van der Waals surface area contributed by atoms with Crippen molar-refractivity contribution in [1.29, 1.82) is 0 Å². The number of nitrogens with zero attached hydrogens (tertiary/aromatic N) is 3. The summed E-state index contributed by atoms with van der Waals surface area (Å²) in [6.45, 7) is 9.19. The van der Waals surface area contributed by atoms with Gasteiger partial charge in [0.05, 0.1) is 19.3 Å². The van der Waals surface area contributed by atoms with Gasteiger partial charge in [0.25, 0.3) is 0 Å². The number of aromatic nitrogens is 2. The normalized spacial score (nSPS) is 21.1. The predicted octanol–water partition coefficient (Wildman–Crippen LogP) is 0.938. The monoisotopic (exact) mass is 250 g/mol. The molecule has 1 aromatic heterocycles. The third-order valence-electron chi connectivity index (χ3n) is 3.26. The van der Waals surface area contributed by atoms with Crippen LogP contribution in [0.3, 0.4) is 0 Å². The second-order valence-electron chi connectivity index (χ2n) is 5.68. The lowest BCUT2D eigenvalue weighted by Crippen LogP contribution is -2.50. The first-order chi connectivity index (χ1) is 8.52. The molecule has 0 radical (unpaired) electrons. The molecule has 0 aliphatic carbocycles. The lowest BCUT2D eigenvalue weighted by molar-refractivity contribution is 0.0954. The largest absolute Gasteiger partial charge is 0.377 e. The van der Waals surface area contributed by atoms with E-state index in [-0.39, 0.29) is 11.5 Å². The predicted molar refractivity (Wildman–Crippen MR) is 71.7 cm³/mol. The summed E-state index contributed by atoms with van der Waals surface area (Å²) < 4.78 is 5.43. The average Bonchev–Trinajstić information content (AvgIpc) is 2.38. The van der Waals surface area contributed by atoms with Gasteiger partial charge in [-0.05, 0) is 11.0 Å². The molecule has 0 saturated carbocycles. The molecular weight excluding hydrogens is 228 g/mol. The van der Waals surface area contributed by atoms with Gasteiger partial charge in [0.15, 0.2) is 0 Å². The first kappa shape index (κ1) is 13.2. The van der Waals surface area contributed by atoms with Crippen LogP contribution in [-0.2, 0) is 10.2 Å². The molecular formula is C13H22N4O. The summed E-state index contributed by atoms with van der Waals surface area (Å²) in [5.41, 5.74) is 6.98. The van der Waals surface area contributed by atoms with Crippen molar-refractivity contribution in [2.45, 2.75) is 32.2 Å². The maximum absolute atomic E-state index is 5.75. The molecule has 0 amide bonds. The number of anilines is 1. The van der Waals surface area contributed by atoms with Gasteiger partial charge in [-0.3, -0.25) is 0 Å². The van der Waals surface area contributed by atoms with Crippen LogP contribution in [0.4, 0.5) is 5.95 Å². The van der Waals surface area contributed by atoms with Gasteiger partial charge in [-0.25, -0.2) is 9.97 Å². The molecule has 1 aromatic rings. The van der Waals surface area contributed by atoms with E-state index in [4.69, 9.17) is 10.5 Å². The van der Waals surface area contributed by atoms with E-state index < -0.39 is 0 Å². The van der Waals surface area contributed by atoms with E-state index in [1.165, 1.54) is 0 Å². The van der Waals surface area contributed by atoms with Gasteiger partial charge in [0.2, 0.25) is 5.95 Å². The number of hydrogen-bond donors (Lipinski definition) is 1. The van der Waals surface area contributed by atoms with E-state index in [1.807, 2.05) is 12.4 Å². The van der Waals surface area contributed by atoms with Crippen LogP contribution in [-0.4, -0.2) is 42.3 Å². The fourth-order valence-corrected chi connectivity index (χ4v) is 1.97. The van der Waals surface area contributed by atoms with Gasteiger partial charge in [0.1, 0.15) is 0 Å². The van der Waals surface area contributed by atoms with E-state index in [0.717, 1.165) is 18.1 Å². The number of morpholine rings is 1. The summed E-state index contributed by atoms with van der Waals surface area (Å²) in [5, 5.41) is 0. The zero-order chi connectivity index (χ0) is 13.2. The van der Waals surface area contributed by atoms with Gasteiger partial charge in [-0.2, -0.15) is 0 Å². The molecule has 1 saturated heterocycles. The van der Waals surface area contributed by atoms with Crippen LogP contribution < -0.4 is 10.6 Å². The molecule has 0 bridgehead atoms. The molecule has 2 N–H and O–H groups in total. The van der Waals surface area contributed by atoms with Crippen molar-refractivity contribution >= 4 is 5.95 Å². The molecule has 5 nitrogen and oxygen atoms in total. The van der Waals surface area contributed by atoms with Crippen LogP contribution in [0.1, 0.15) is 26.3 Å². The maximum atomic E-state index is 5.75. The summed E-state index contributed by atoms with van der Waals surface area (Å²) in [7, 11) is 0. The lowest BCUT2D eigenvalue weighted by atomic mass is 9.89. The Morgan fingerprint density at radius 1 is 1.39 bits per heavy atom.